The molecule has 5 heteroatoms. The lowest BCUT2D eigenvalue weighted by atomic mass is 9.51. The van der Waals surface area contributed by atoms with Crippen molar-refractivity contribution < 1.29 is 19.7 Å². The molecular weight excluding hydrogens is 414 g/mol. The number of aliphatic hydroxyl groups excluding tert-OH is 2. The zero-order valence-electron chi connectivity index (χ0n) is 20.3. The molecule has 0 radical (unpaired) electrons. The molecule has 5 nitrogen and oxygen atoms in total. The van der Waals surface area contributed by atoms with Crippen molar-refractivity contribution in [3.8, 4) is 0 Å². The number of hydrogen-bond acceptors (Lipinski definition) is 5. The molecule has 180 valence electrons. The number of anilines is 1. The van der Waals surface area contributed by atoms with Crippen LogP contribution in [0.15, 0.2) is 35.4 Å². The van der Waals surface area contributed by atoms with Crippen molar-refractivity contribution in [2.24, 2.45) is 23.2 Å². The van der Waals surface area contributed by atoms with Crippen LogP contribution in [0.2, 0.25) is 0 Å². The lowest BCUT2D eigenvalue weighted by Crippen LogP contribution is -2.52. The highest BCUT2D eigenvalue weighted by atomic mass is 16.7. The molecule has 4 fully saturated rings. The van der Waals surface area contributed by atoms with Gasteiger partial charge in [0, 0.05) is 44.5 Å². The Morgan fingerprint density at radius 1 is 0.970 bits per heavy atom. The standard InChI is InChI=1S/C28H39NO4/c1-27-10-4-5-21(27)26-22(30)13-18-14-28(32-11-12-33-28)16-23(31)24(18)25(26)20(15-27)17-6-8-19(9-7-17)29(2)3/h6-9,18,20-23,26,30-31H,4-5,10-16H2,1-3H3/t18-,20+,21+,22?,23?,26+,27-/m0/s1. The number of rotatable bonds is 2. The first kappa shape index (κ1) is 22.1. The second-order valence-corrected chi connectivity index (χ2v) is 11.9. The Labute approximate surface area is 197 Å². The van der Waals surface area contributed by atoms with E-state index in [9.17, 15) is 10.2 Å². The molecule has 0 bridgehead atoms. The maximum Gasteiger partial charge on any atom is 0.171 e. The minimum atomic E-state index is -0.667. The van der Waals surface area contributed by atoms with Gasteiger partial charge in [0.05, 0.1) is 25.4 Å². The summed E-state index contributed by atoms with van der Waals surface area (Å²) in [6.07, 6.45) is 5.86. The lowest BCUT2D eigenvalue weighted by Gasteiger charge is -2.55. The second kappa shape index (κ2) is 7.81. The van der Waals surface area contributed by atoms with E-state index in [4.69, 9.17) is 9.47 Å². The van der Waals surface area contributed by atoms with Crippen molar-refractivity contribution in [1.82, 2.24) is 0 Å². The number of hydrogen-bond donors (Lipinski definition) is 2. The lowest BCUT2D eigenvalue weighted by molar-refractivity contribution is -0.200. The quantitative estimate of drug-likeness (QED) is 0.656. The van der Waals surface area contributed by atoms with Crippen LogP contribution in [0.25, 0.3) is 0 Å². The van der Waals surface area contributed by atoms with Crippen molar-refractivity contribution in [1.29, 1.82) is 0 Å². The molecule has 33 heavy (non-hydrogen) atoms. The molecular formula is C28H39NO4. The van der Waals surface area contributed by atoms with E-state index in [2.05, 4.69) is 50.2 Å². The third-order valence-corrected chi connectivity index (χ3v) is 9.76. The second-order valence-electron chi connectivity index (χ2n) is 11.9. The van der Waals surface area contributed by atoms with Crippen molar-refractivity contribution >= 4 is 5.69 Å². The summed E-state index contributed by atoms with van der Waals surface area (Å²) in [4.78, 5) is 2.13. The molecule has 0 amide bonds. The monoisotopic (exact) mass is 453 g/mol. The van der Waals surface area contributed by atoms with Crippen LogP contribution in [0.1, 0.15) is 63.4 Å². The average Bonchev–Trinajstić information content (AvgIpc) is 3.38. The van der Waals surface area contributed by atoms with E-state index in [1.165, 1.54) is 41.7 Å². The predicted molar refractivity (Wildman–Crippen MR) is 128 cm³/mol. The van der Waals surface area contributed by atoms with Gasteiger partial charge in [-0.25, -0.2) is 0 Å². The third kappa shape index (κ3) is 3.42. The van der Waals surface area contributed by atoms with Gasteiger partial charge in [-0.2, -0.15) is 0 Å². The van der Waals surface area contributed by atoms with Crippen LogP contribution < -0.4 is 4.90 Å². The molecule has 4 aliphatic carbocycles. The van der Waals surface area contributed by atoms with E-state index in [0.29, 0.717) is 32.0 Å². The topological polar surface area (TPSA) is 62.2 Å². The van der Waals surface area contributed by atoms with Crippen molar-refractivity contribution in [2.75, 3.05) is 32.2 Å². The van der Waals surface area contributed by atoms with Crippen LogP contribution in [0.3, 0.4) is 0 Å². The molecule has 2 N–H and O–H groups in total. The van der Waals surface area contributed by atoms with E-state index in [1.807, 2.05) is 0 Å². The van der Waals surface area contributed by atoms with Gasteiger partial charge >= 0.3 is 0 Å². The molecule has 1 aromatic carbocycles. The fourth-order valence-corrected chi connectivity index (χ4v) is 8.38. The Hall–Kier alpha value is -1.40. The van der Waals surface area contributed by atoms with Gasteiger partial charge in [0.2, 0.25) is 0 Å². The molecule has 3 saturated carbocycles. The Morgan fingerprint density at radius 3 is 2.39 bits per heavy atom. The summed E-state index contributed by atoms with van der Waals surface area (Å²) in [5.41, 5.74) is 5.36. The summed E-state index contributed by atoms with van der Waals surface area (Å²) in [5, 5.41) is 23.1. The molecule has 6 rings (SSSR count). The third-order valence-electron chi connectivity index (χ3n) is 9.76. The maximum absolute atomic E-state index is 11.6. The Kier molecular flexibility index (Phi) is 5.23. The molecule has 0 aromatic heterocycles. The summed E-state index contributed by atoms with van der Waals surface area (Å²) in [5.74, 6) is 0.384. The molecule has 2 unspecified atom stereocenters. The van der Waals surface area contributed by atoms with E-state index in [1.54, 1.807) is 0 Å². The van der Waals surface area contributed by atoms with Crippen LogP contribution in [0, 0.1) is 23.2 Å². The number of benzene rings is 1. The van der Waals surface area contributed by atoms with Gasteiger partial charge < -0.3 is 24.6 Å². The molecule has 7 atom stereocenters. The fourth-order valence-electron chi connectivity index (χ4n) is 8.38. The molecule has 1 spiro atoms. The van der Waals surface area contributed by atoms with Crippen LogP contribution in [-0.2, 0) is 9.47 Å². The fraction of sp³-hybridized carbons (Fsp3) is 0.714. The van der Waals surface area contributed by atoms with Gasteiger partial charge in [0.25, 0.3) is 0 Å². The Morgan fingerprint density at radius 2 is 1.70 bits per heavy atom. The Balaban J connectivity index is 1.47. The van der Waals surface area contributed by atoms with E-state index < -0.39 is 11.9 Å². The molecule has 1 heterocycles. The number of fused-ring (bicyclic) bond motifs is 4. The minimum Gasteiger partial charge on any atom is -0.392 e. The zero-order chi connectivity index (χ0) is 23.0. The van der Waals surface area contributed by atoms with Gasteiger partial charge in [-0.3, -0.25) is 0 Å². The first-order chi connectivity index (χ1) is 15.8. The number of nitrogens with zero attached hydrogens (tertiary/aromatic N) is 1. The summed E-state index contributed by atoms with van der Waals surface area (Å²) < 4.78 is 12.0. The molecule has 1 aromatic rings. The van der Waals surface area contributed by atoms with Crippen LogP contribution in [0.5, 0.6) is 0 Å². The maximum atomic E-state index is 11.6. The normalized spacial score (nSPS) is 41.6. The predicted octanol–water partition coefficient (Wildman–Crippen LogP) is 4.24. The summed E-state index contributed by atoms with van der Waals surface area (Å²) in [6, 6.07) is 8.97. The van der Waals surface area contributed by atoms with Crippen molar-refractivity contribution in [3.05, 3.63) is 41.0 Å². The molecule has 1 aliphatic heterocycles. The highest BCUT2D eigenvalue weighted by molar-refractivity contribution is 5.49. The van der Waals surface area contributed by atoms with Crippen molar-refractivity contribution in [3.63, 3.8) is 0 Å². The van der Waals surface area contributed by atoms with Crippen LogP contribution in [0.4, 0.5) is 5.69 Å². The van der Waals surface area contributed by atoms with Gasteiger partial charge in [0.1, 0.15) is 0 Å². The minimum absolute atomic E-state index is 0.127. The van der Waals surface area contributed by atoms with Gasteiger partial charge in [-0.1, -0.05) is 31.1 Å². The highest BCUT2D eigenvalue weighted by Gasteiger charge is 2.58. The van der Waals surface area contributed by atoms with E-state index in [0.717, 1.165) is 12.8 Å². The van der Waals surface area contributed by atoms with E-state index in [-0.39, 0.29) is 29.3 Å². The first-order valence-electron chi connectivity index (χ1n) is 13.0. The van der Waals surface area contributed by atoms with Crippen LogP contribution in [-0.4, -0.2) is 55.5 Å². The summed E-state index contributed by atoms with van der Waals surface area (Å²) in [7, 11) is 4.15. The molecule has 5 aliphatic rings. The zero-order valence-corrected chi connectivity index (χ0v) is 20.3. The smallest absolute Gasteiger partial charge is 0.171 e. The van der Waals surface area contributed by atoms with E-state index >= 15 is 0 Å². The Bertz CT molecular complexity index is 934. The SMILES string of the molecule is CN(C)c1ccc([C@H]2C[C@]3(C)CCC[C@@H]3[C@H]3C2=C2C(O)CC4(C[C@@H]2CC3O)OCCO4)cc1. The molecule has 1 saturated heterocycles. The average molecular weight is 454 g/mol. The van der Waals surface area contributed by atoms with Crippen molar-refractivity contribution in [2.45, 2.75) is 75.8 Å². The summed E-state index contributed by atoms with van der Waals surface area (Å²) in [6.45, 7) is 3.65. The first-order valence-corrected chi connectivity index (χ1v) is 13.0. The summed E-state index contributed by atoms with van der Waals surface area (Å²) >= 11 is 0. The van der Waals surface area contributed by atoms with Gasteiger partial charge in [0.15, 0.2) is 5.79 Å². The largest absolute Gasteiger partial charge is 0.392 e. The number of aliphatic hydroxyl groups is 2. The van der Waals surface area contributed by atoms with Gasteiger partial charge in [-0.15, -0.1) is 0 Å². The van der Waals surface area contributed by atoms with Gasteiger partial charge in [-0.05, 0) is 66.2 Å². The highest BCUT2D eigenvalue weighted by Crippen LogP contribution is 2.64. The van der Waals surface area contributed by atoms with Crippen LogP contribution >= 0.6 is 0 Å². The number of ether oxygens (including phenoxy) is 2.